The third-order valence-corrected chi connectivity index (χ3v) is 8.00. The number of imide groups is 1. The average molecular weight is 478 g/mol. The second-order valence-corrected chi connectivity index (χ2v) is 9.82. The first-order valence-electron chi connectivity index (χ1n) is 11.2. The van der Waals surface area contributed by atoms with Gasteiger partial charge in [-0.3, -0.25) is 34.3 Å². The van der Waals surface area contributed by atoms with E-state index in [1.54, 1.807) is 24.3 Å². The van der Waals surface area contributed by atoms with Gasteiger partial charge in [0, 0.05) is 16.8 Å². The van der Waals surface area contributed by atoms with E-state index < -0.39 is 10.8 Å². The van der Waals surface area contributed by atoms with Crippen molar-refractivity contribution >= 4 is 40.7 Å². The van der Waals surface area contributed by atoms with Gasteiger partial charge in [0.15, 0.2) is 0 Å². The van der Waals surface area contributed by atoms with Crippen molar-refractivity contribution in [2.24, 2.45) is 35.5 Å². The van der Waals surface area contributed by atoms with Crippen LogP contribution in [0.25, 0.3) is 0 Å². The number of amides is 3. The SMILES string of the molecule is O=C1C2C3C=CC(C4CC34)C2C(=O)N1CN(C(=O)c1ccccc1[N+](=O)[O-])c1ccc(Cl)cc1. The number of rotatable bonds is 5. The molecule has 0 spiro atoms. The molecule has 3 fully saturated rings. The summed E-state index contributed by atoms with van der Waals surface area (Å²) in [6.07, 6.45) is 5.23. The van der Waals surface area contributed by atoms with Crippen LogP contribution in [0.3, 0.4) is 0 Å². The second-order valence-electron chi connectivity index (χ2n) is 9.38. The largest absolute Gasteiger partial charge is 0.289 e. The van der Waals surface area contributed by atoms with Crippen LogP contribution in [0.4, 0.5) is 11.4 Å². The molecular formula is C25H20ClN3O5. The number of allylic oxidation sites excluding steroid dienone is 2. The normalized spacial score (nSPS) is 30.2. The van der Waals surface area contributed by atoms with E-state index in [1.807, 2.05) is 0 Å². The highest BCUT2D eigenvalue weighted by Gasteiger charge is 2.67. The number of nitro groups is 1. The van der Waals surface area contributed by atoms with Crippen molar-refractivity contribution in [2.45, 2.75) is 6.42 Å². The molecule has 1 aliphatic heterocycles. The van der Waals surface area contributed by atoms with E-state index in [9.17, 15) is 24.5 Å². The number of hydrogen-bond acceptors (Lipinski definition) is 5. The van der Waals surface area contributed by atoms with Gasteiger partial charge < -0.3 is 0 Å². The molecule has 5 aliphatic rings. The quantitative estimate of drug-likeness (QED) is 0.281. The van der Waals surface area contributed by atoms with Gasteiger partial charge in [0.25, 0.3) is 11.6 Å². The van der Waals surface area contributed by atoms with E-state index in [0.717, 1.165) is 11.3 Å². The Morgan fingerprint density at radius 3 is 2.18 bits per heavy atom. The fourth-order valence-corrected chi connectivity index (χ4v) is 6.27. The van der Waals surface area contributed by atoms with Gasteiger partial charge in [0.2, 0.25) is 11.8 Å². The molecule has 7 rings (SSSR count). The molecule has 0 N–H and O–H groups in total. The lowest BCUT2D eigenvalue weighted by Gasteiger charge is -2.37. The summed E-state index contributed by atoms with van der Waals surface area (Å²) < 4.78 is 0. The van der Waals surface area contributed by atoms with Gasteiger partial charge in [0.05, 0.1) is 16.8 Å². The molecule has 6 unspecified atom stereocenters. The summed E-state index contributed by atoms with van der Waals surface area (Å²) in [5.74, 6) is -0.924. The van der Waals surface area contributed by atoms with Crippen molar-refractivity contribution in [3.63, 3.8) is 0 Å². The van der Waals surface area contributed by atoms with Crippen LogP contribution in [-0.2, 0) is 9.59 Å². The average Bonchev–Trinajstić information content (AvgIpc) is 3.63. The summed E-state index contributed by atoms with van der Waals surface area (Å²) in [6, 6.07) is 12.0. The lowest BCUT2D eigenvalue weighted by molar-refractivity contribution is -0.385. The highest BCUT2D eigenvalue weighted by Crippen LogP contribution is 2.65. The molecule has 2 aromatic rings. The van der Waals surface area contributed by atoms with Crippen molar-refractivity contribution in [3.8, 4) is 0 Å². The standard InChI is InChI=1S/C25H20ClN3O5/c26-13-5-7-14(8-6-13)27(23(30)17-3-1-2-4-20(17)29(33)34)12-28-24(31)21-15-9-10-16(19-11-18(15)19)22(21)25(28)32/h1-10,15-16,18-19,21-22H,11-12H2. The molecule has 0 radical (unpaired) electrons. The minimum absolute atomic E-state index is 0.0661. The molecule has 1 saturated heterocycles. The monoisotopic (exact) mass is 477 g/mol. The Kier molecular flexibility index (Phi) is 4.64. The number of nitrogens with zero attached hydrogens (tertiary/aromatic N) is 3. The van der Waals surface area contributed by atoms with Gasteiger partial charge in [-0.1, -0.05) is 35.9 Å². The first-order chi connectivity index (χ1) is 16.4. The van der Waals surface area contributed by atoms with Crippen LogP contribution in [0.5, 0.6) is 0 Å². The van der Waals surface area contributed by atoms with Crippen molar-refractivity contribution in [1.29, 1.82) is 0 Å². The number of para-hydroxylation sites is 1. The van der Waals surface area contributed by atoms with E-state index in [4.69, 9.17) is 11.6 Å². The Bertz CT molecular complexity index is 1240. The lowest BCUT2D eigenvalue weighted by atomic mass is 9.63. The Morgan fingerprint density at radius 2 is 1.59 bits per heavy atom. The number of anilines is 1. The van der Waals surface area contributed by atoms with E-state index >= 15 is 0 Å². The van der Waals surface area contributed by atoms with Gasteiger partial charge in [-0.25, -0.2) is 0 Å². The Labute approximate surface area is 199 Å². The van der Waals surface area contributed by atoms with Gasteiger partial charge in [0.1, 0.15) is 12.2 Å². The van der Waals surface area contributed by atoms with E-state index in [1.165, 1.54) is 29.2 Å². The number of carbonyl (C=O) groups excluding carboxylic acids is 3. The predicted molar refractivity (Wildman–Crippen MR) is 123 cm³/mol. The summed E-state index contributed by atoms with van der Waals surface area (Å²) in [4.78, 5) is 53.9. The molecule has 2 saturated carbocycles. The number of halogens is 1. The Morgan fingerprint density at radius 1 is 1.00 bits per heavy atom. The van der Waals surface area contributed by atoms with Crippen LogP contribution < -0.4 is 4.90 Å². The third-order valence-electron chi connectivity index (χ3n) is 7.75. The smallest absolute Gasteiger partial charge is 0.282 e. The summed E-state index contributed by atoms with van der Waals surface area (Å²) in [5.41, 5.74) is -0.0875. The number of nitro benzene ring substituents is 1. The highest BCUT2D eigenvalue weighted by molar-refractivity contribution is 6.30. The zero-order chi connectivity index (χ0) is 23.7. The molecule has 1 heterocycles. The van der Waals surface area contributed by atoms with Crippen molar-refractivity contribution in [1.82, 2.24) is 4.90 Å². The first-order valence-corrected chi connectivity index (χ1v) is 11.6. The fourth-order valence-electron chi connectivity index (χ4n) is 6.14. The molecule has 8 nitrogen and oxygen atoms in total. The maximum Gasteiger partial charge on any atom is 0.282 e. The van der Waals surface area contributed by atoms with E-state index in [-0.39, 0.29) is 53.4 Å². The highest BCUT2D eigenvalue weighted by atomic mass is 35.5. The van der Waals surface area contributed by atoms with Crippen LogP contribution in [-0.4, -0.2) is 34.2 Å². The maximum atomic E-state index is 13.6. The number of benzene rings is 2. The zero-order valence-electron chi connectivity index (χ0n) is 17.9. The van der Waals surface area contributed by atoms with E-state index in [0.29, 0.717) is 22.5 Å². The second kappa shape index (κ2) is 7.50. The zero-order valence-corrected chi connectivity index (χ0v) is 18.7. The van der Waals surface area contributed by atoms with Crippen LogP contribution in [0, 0.1) is 45.6 Å². The van der Waals surface area contributed by atoms with E-state index in [2.05, 4.69) is 12.2 Å². The summed E-state index contributed by atoms with van der Waals surface area (Å²) in [5, 5.41) is 12.0. The minimum atomic E-state index is -0.672. The van der Waals surface area contributed by atoms with Gasteiger partial charge >= 0.3 is 0 Å². The van der Waals surface area contributed by atoms with Crippen molar-refractivity contribution in [3.05, 3.63) is 81.4 Å². The lowest BCUT2D eigenvalue weighted by Crippen LogP contribution is -2.45. The summed E-state index contributed by atoms with van der Waals surface area (Å²) >= 11 is 6.02. The first kappa shape index (κ1) is 21.0. The Hall–Kier alpha value is -3.52. The molecule has 6 atom stereocenters. The van der Waals surface area contributed by atoms with Crippen LogP contribution in [0.2, 0.25) is 5.02 Å². The molecule has 2 aromatic carbocycles. The van der Waals surface area contributed by atoms with Crippen LogP contribution in [0.1, 0.15) is 16.8 Å². The maximum absolute atomic E-state index is 13.6. The minimum Gasteiger partial charge on any atom is -0.289 e. The van der Waals surface area contributed by atoms with Crippen LogP contribution in [0.15, 0.2) is 60.7 Å². The number of likely N-dealkylation sites (tertiary alicyclic amines) is 1. The topological polar surface area (TPSA) is 101 Å². The van der Waals surface area contributed by atoms with Crippen LogP contribution >= 0.6 is 11.6 Å². The predicted octanol–water partition coefficient (Wildman–Crippen LogP) is 3.91. The Balaban J connectivity index is 1.36. The molecular weight excluding hydrogens is 458 g/mol. The molecule has 3 amide bonds. The third kappa shape index (κ3) is 3.01. The summed E-state index contributed by atoms with van der Waals surface area (Å²) in [6.45, 7) is -0.314. The summed E-state index contributed by atoms with van der Waals surface area (Å²) in [7, 11) is 0. The number of hydrogen-bond donors (Lipinski definition) is 0. The van der Waals surface area contributed by atoms with Gasteiger partial charge in [-0.05, 0) is 60.4 Å². The molecule has 2 bridgehead atoms. The molecule has 0 aromatic heterocycles. The molecule has 9 heteroatoms. The number of carbonyl (C=O) groups is 3. The molecule has 34 heavy (non-hydrogen) atoms. The molecule has 172 valence electrons. The van der Waals surface area contributed by atoms with Gasteiger partial charge in [-0.2, -0.15) is 0 Å². The van der Waals surface area contributed by atoms with Gasteiger partial charge in [-0.15, -0.1) is 0 Å². The van der Waals surface area contributed by atoms with Crippen molar-refractivity contribution in [2.75, 3.05) is 11.6 Å². The van der Waals surface area contributed by atoms with Crippen molar-refractivity contribution < 1.29 is 19.3 Å². The molecule has 4 aliphatic carbocycles. The fraction of sp³-hybridized carbons (Fsp3) is 0.320.